The fourth-order valence-electron chi connectivity index (χ4n) is 0.923. The fraction of sp³-hybridized carbons (Fsp3) is 1.00. The molecule has 4 heteroatoms. The van der Waals surface area contributed by atoms with Gasteiger partial charge in [0, 0.05) is 6.04 Å². The number of hydrogen-bond acceptors (Lipinski definition) is 2. The van der Waals surface area contributed by atoms with Crippen molar-refractivity contribution in [3.8, 4) is 0 Å². The van der Waals surface area contributed by atoms with Crippen LogP contribution < -0.4 is 5.32 Å². The molecule has 0 aliphatic heterocycles. The first-order valence-electron chi connectivity index (χ1n) is 4.73. The van der Waals surface area contributed by atoms with Gasteiger partial charge in [-0.05, 0) is 40.4 Å². The van der Waals surface area contributed by atoms with Crippen LogP contribution in [0.5, 0.6) is 0 Å². The van der Waals surface area contributed by atoms with E-state index in [2.05, 4.69) is 24.1 Å². The molecule has 0 spiro atoms. The van der Waals surface area contributed by atoms with Gasteiger partial charge in [0.1, 0.15) is 0 Å². The first kappa shape index (κ1) is 12.8. The lowest BCUT2D eigenvalue weighted by molar-refractivity contribution is 0.145. The Hall–Kier alpha value is -0.220. The molecule has 0 rings (SSSR count). The van der Waals surface area contributed by atoms with Crippen molar-refractivity contribution in [1.29, 1.82) is 0 Å². The molecule has 0 bridgehead atoms. The summed E-state index contributed by atoms with van der Waals surface area (Å²) in [4.78, 5) is 2.20. The second kappa shape index (κ2) is 7.21. The molecule has 0 atom stereocenters. The molecule has 0 saturated carbocycles. The van der Waals surface area contributed by atoms with Crippen LogP contribution >= 0.6 is 0 Å². The van der Waals surface area contributed by atoms with E-state index in [0.717, 1.165) is 13.0 Å². The number of hydrogen-bond donors (Lipinski definition) is 1. The Morgan fingerprint density at radius 1 is 1.31 bits per heavy atom. The highest BCUT2D eigenvalue weighted by atomic mass is 19.3. The molecule has 0 unspecified atom stereocenters. The number of nitrogens with one attached hydrogen (secondary N) is 1. The van der Waals surface area contributed by atoms with Crippen molar-refractivity contribution in [2.24, 2.45) is 0 Å². The summed E-state index contributed by atoms with van der Waals surface area (Å²) in [7, 11) is 2.04. The Kier molecular flexibility index (Phi) is 7.09. The minimum absolute atomic E-state index is 0.189. The number of nitrogens with zero attached hydrogens (tertiary/aromatic N) is 1. The Morgan fingerprint density at radius 2 is 1.92 bits per heavy atom. The first-order valence-corrected chi connectivity index (χ1v) is 4.73. The summed E-state index contributed by atoms with van der Waals surface area (Å²) < 4.78 is 23.4. The Balaban J connectivity index is 3.16. The van der Waals surface area contributed by atoms with E-state index in [4.69, 9.17) is 0 Å². The second-order valence-corrected chi connectivity index (χ2v) is 3.52. The van der Waals surface area contributed by atoms with Crippen LogP contribution in [-0.2, 0) is 0 Å². The third-order valence-corrected chi connectivity index (χ3v) is 2.04. The number of alkyl halides is 2. The van der Waals surface area contributed by atoms with Gasteiger partial charge in [0.2, 0.25) is 0 Å². The molecular weight excluding hydrogens is 174 g/mol. The topological polar surface area (TPSA) is 15.3 Å². The van der Waals surface area contributed by atoms with Gasteiger partial charge in [-0.2, -0.15) is 0 Å². The molecule has 0 aliphatic rings. The summed E-state index contributed by atoms with van der Waals surface area (Å²) in [5.74, 6) is 0. The number of halogens is 2. The van der Waals surface area contributed by atoms with Crippen LogP contribution in [0.1, 0.15) is 20.3 Å². The zero-order valence-electron chi connectivity index (χ0n) is 8.69. The number of rotatable bonds is 7. The maximum absolute atomic E-state index is 11.7. The van der Waals surface area contributed by atoms with Gasteiger partial charge in [0.25, 0.3) is 6.43 Å². The van der Waals surface area contributed by atoms with Gasteiger partial charge in [0.05, 0.1) is 6.54 Å². The van der Waals surface area contributed by atoms with Gasteiger partial charge in [0.15, 0.2) is 0 Å². The van der Waals surface area contributed by atoms with E-state index >= 15 is 0 Å². The molecule has 1 N–H and O–H groups in total. The normalized spacial score (nSPS) is 12.0. The minimum Gasteiger partial charge on any atom is -0.311 e. The van der Waals surface area contributed by atoms with E-state index in [1.54, 1.807) is 0 Å². The first-order chi connectivity index (χ1) is 6.04. The molecule has 0 aromatic heterocycles. The van der Waals surface area contributed by atoms with Crippen molar-refractivity contribution in [2.45, 2.75) is 32.7 Å². The highest BCUT2D eigenvalue weighted by molar-refractivity contribution is 4.58. The van der Waals surface area contributed by atoms with E-state index < -0.39 is 6.43 Å². The van der Waals surface area contributed by atoms with Crippen molar-refractivity contribution >= 4 is 0 Å². The molecule has 0 radical (unpaired) electrons. The highest BCUT2D eigenvalue weighted by Crippen LogP contribution is 1.94. The maximum Gasteiger partial charge on any atom is 0.250 e. The van der Waals surface area contributed by atoms with E-state index in [9.17, 15) is 8.78 Å². The summed E-state index contributed by atoms with van der Waals surface area (Å²) in [6.07, 6.45) is -1.32. The van der Waals surface area contributed by atoms with Crippen molar-refractivity contribution in [1.82, 2.24) is 10.2 Å². The third kappa shape index (κ3) is 8.12. The van der Waals surface area contributed by atoms with Gasteiger partial charge < -0.3 is 10.2 Å². The lowest BCUT2D eigenvalue weighted by Crippen LogP contribution is -2.30. The molecule has 0 heterocycles. The molecule has 0 aromatic rings. The standard InChI is InChI=1S/C9H20F2N2/c1-8(2)13(3)6-4-5-12-7-9(10)11/h8-9,12H,4-7H2,1-3H3. The van der Waals surface area contributed by atoms with E-state index in [-0.39, 0.29) is 6.54 Å². The van der Waals surface area contributed by atoms with Crippen LogP contribution in [-0.4, -0.2) is 44.0 Å². The van der Waals surface area contributed by atoms with Crippen LogP contribution in [0.2, 0.25) is 0 Å². The fourth-order valence-corrected chi connectivity index (χ4v) is 0.923. The van der Waals surface area contributed by atoms with Crippen molar-refractivity contribution in [3.63, 3.8) is 0 Å². The minimum atomic E-state index is -2.23. The Labute approximate surface area is 79.3 Å². The summed E-state index contributed by atoms with van der Waals surface area (Å²) in [6, 6.07) is 0.523. The molecule has 0 aliphatic carbocycles. The van der Waals surface area contributed by atoms with Crippen LogP contribution in [0, 0.1) is 0 Å². The predicted molar refractivity (Wildman–Crippen MR) is 51.3 cm³/mol. The van der Waals surface area contributed by atoms with E-state index in [0.29, 0.717) is 12.6 Å². The molecule has 0 fully saturated rings. The second-order valence-electron chi connectivity index (χ2n) is 3.52. The van der Waals surface area contributed by atoms with Crippen LogP contribution in [0.25, 0.3) is 0 Å². The Morgan fingerprint density at radius 3 is 2.38 bits per heavy atom. The molecule has 0 saturated heterocycles. The molecule has 13 heavy (non-hydrogen) atoms. The highest BCUT2D eigenvalue weighted by Gasteiger charge is 2.03. The summed E-state index contributed by atoms with van der Waals surface area (Å²) in [6.45, 7) is 5.67. The van der Waals surface area contributed by atoms with Gasteiger partial charge in [-0.25, -0.2) is 8.78 Å². The predicted octanol–water partition coefficient (Wildman–Crippen LogP) is 1.57. The largest absolute Gasteiger partial charge is 0.311 e. The van der Waals surface area contributed by atoms with Gasteiger partial charge in [-0.1, -0.05) is 0 Å². The van der Waals surface area contributed by atoms with Crippen LogP contribution in [0.3, 0.4) is 0 Å². The zero-order valence-corrected chi connectivity index (χ0v) is 8.69. The molecular formula is C9H20F2N2. The lowest BCUT2D eigenvalue weighted by atomic mass is 10.3. The van der Waals surface area contributed by atoms with E-state index in [1.807, 2.05) is 7.05 Å². The third-order valence-electron chi connectivity index (χ3n) is 2.04. The van der Waals surface area contributed by atoms with Crippen LogP contribution in [0.4, 0.5) is 8.78 Å². The lowest BCUT2D eigenvalue weighted by Gasteiger charge is -2.20. The average Bonchev–Trinajstić information content (AvgIpc) is 2.02. The van der Waals surface area contributed by atoms with Crippen molar-refractivity contribution < 1.29 is 8.78 Å². The monoisotopic (exact) mass is 194 g/mol. The summed E-state index contributed by atoms with van der Waals surface area (Å²) >= 11 is 0. The smallest absolute Gasteiger partial charge is 0.250 e. The maximum atomic E-state index is 11.7. The van der Waals surface area contributed by atoms with E-state index in [1.165, 1.54) is 0 Å². The van der Waals surface area contributed by atoms with Gasteiger partial charge in [-0.3, -0.25) is 0 Å². The Bertz CT molecular complexity index is 118. The van der Waals surface area contributed by atoms with Crippen molar-refractivity contribution in [3.05, 3.63) is 0 Å². The van der Waals surface area contributed by atoms with Crippen molar-refractivity contribution in [2.75, 3.05) is 26.7 Å². The molecule has 2 nitrogen and oxygen atoms in total. The van der Waals surface area contributed by atoms with Gasteiger partial charge in [-0.15, -0.1) is 0 Å². The SMILES string of the molecule is CC(C)N(C)CCCNCC(F)F. The zero-order chi connectivity index (χ0) is 10.3. The summed E-state index contributed by atoms with van der Waals surface area (Å²) in [5, 5.41) is 2.70. The quantitative estimate of drug-likeness (QED) is 0.619. The summed E-state index contributed by atoms with van der Waals surface area (Å²) in [5.41, 5.74) is 0. The average molecular weight is 194 g/mol. The van der Waals surface area contributed by atoms with Crippen LogP contribution in [0.15, 0.2) is 0 Å². The molecule has 0 aromatic carbocycles. The molecule has 80 valence electrons. The van der Waals surface area contributed by atoms with Gasteiger partial charge >= 0.3 is 0 Å². The molecule has 0 amide bonds.